The fourth-order valence-electron chi connectivity index (χ4n) is 2.92. The van der Waals surface area contributed by atoms with Crippen molar-refractivity contribution in [3.63, 3.8) is 0 Å². The summed E-state index contributed by atoms with van der Waals surface area (Å²) in [5.41, 5.74) is 3.19. The minimum Gasteiger partial charge on any atom is -0.396 e. The molecule has 1 fully saturated rings. The third-order valence-electron chi connectivity index (χ3n) is 4.09. The predicted molar refractivity (Wildman–Crippen MR) is 80.7 cm³/mol. The Morgan fingerprint density at radius 2 is 2.10 bits per heavy atom. The number of aliphatic hydroxyl groups excluding tert-OH is 1. The van der Waals surface area contributed by atoms with E-state index in [1.807, 2.05) is 11.0 Å². The molecule has 1 aromatic rings. The number of anilines is 2. The molecule has 0 aliphatic carbocycles. The molecular formula is C16H21N2O3. The van der Waals surface area contributed by atoms with Crippen LogP contribution in [0.1, 0.15) is 18.4 Å². The Bertz CT molecular complexity index is 512. The Morgan fingerprint density at radius 3 is 2.86 bits per heavy atom. The van der Waals surface area contributed by atoms with E-state index in [-0.39, 0.29) is 12.5 Å². The lowest BCUT2D eigenvalue weighted by Crippen LogP contribution is -2.38. The van der Waals surface area contributed by atoms with Crippen LogP contribution in [0.15, 0.2) is 12.1 Å². The number of morpholine rings is 1. The number of aryl methyl sites for hydroxylation is 1. The van der Waals surface area contributed by atoms with Crippen molar-refractivity contribution in [3.8, 4) is 0 Å². The smallest absolute Gasteiger partial charge is 0.227 e. The van der Waals surface area contributed by atoms with E-state index in [1.54, 1.807) is 0 Å². The van der Waals surface area contributed by atoms with Gasteiger partial charge in [-0.15, -0.1) is 0 Å². The first kappa shape index (κ1) is 14.4. The van der Waals surface area contributed by atoms with Gasteiger partial charge in [-0.2, -0.15) is 0 Å². The van der Waals surface area contributed by atoms with Crippen LogP contribution >= 0.6 is 0 Å². The molecule has 5 heteroatoms. The summed E-state index contributed by atoms with van der Waals surface area (Å²) >= 11 is 0. The molecule has 2 aliphatic heterocycles. The Hall–Kier alpha value is -1.59. The number of rotatable bonds is 4. The second kappa shape index (κ2) is 6.45. The van der Waals surface area contributed by atoms with E-state index in [4.69, 9.17) is 9.84 Å². The monoisotopic (exact) mass is 289 g/mol. The van der Waals surface area contributed by atoms with E-state index in [0.29, 0.717) is 19.4 Å². The largest absolute Gasteiger partial charge is 0.396 e. The highest BCUT2D eigenvalue weighted by molar-refractivity contribution is 5.97. The lowest BCUT2D eigenvalue weighted by Gasteiger charge is -2.33. The summed E-state index contributed by atoms with van der Waals surface area (Å²) in [6.07, 6.45) is 1.93. The summed E-state index contributed by atoms with van der Waals surface area (Å²) in [6.45, 7) is 3.87. The highest BCUT2D eigenvalue weighted by atomic mass is 16.5. The Morgan fingerprint density at radius 1 is 1.29 bits per heavy atom. The minimum absolute atomic E-state index is 0.106. The van der Waals surface area contributed by atoms with Crippen LogP contribution in [0.5, 0.6) is 0 Å². The number of benzene rings is 1. The van der Waals surface area contributed by atoms with Crippen molar-refractivity contribution in [1.29, 1.82) is 0 Å². The molecule has 2 aliphatic rings. The second-order valence-electron chi connectivity index (χ2n) is 5.45. The third-order valence-corrected chi connectivity index (χ3v) is 4.09. The SMILES string of the molecule is O=C1CCc2c[c]c(N3CCOCC3)cc2N1CCCO. The number of hydrogen-bond acceptors (Lipinski definition) is 4. The van der Waals surface area contributed by atoms with Gasteiger partial charge in [-0.25, -0.2) is 0 Å². The lowest BCUT2D eigenvalue weighted by atomic mass is 10.00. The maximum absolute atomic E-state index is 12.2. The van der Waals surface area contributed by atoms with Crippen molar-refractivity contribution in [3.05, 3.63) is 23.8 Å². The van der Waals surface area contributed by atoms with E-state index in [0.717, 1.165) is 44.1 Å². The average molecular weight is 289 g/mol. The van der Waals surface area contributed by atoms with Crippen LogP contribution in [0.4, 0.5) is 11.4 Å². The molecule has 113 valence electrons. The van der Waals surface area contributed by atoms with Crippen molar-refractivity contribution in [2.75, 3.05) is 49.3 Å². The van der Waals surface area contributed by atoms with E-state index in [9.17, 15) is 4.79 Å². The summed E-state index contributed by atoms with van der Waals surface area (Å²) in [4.78, 5) is 16.2. The summed E-state index contributed by atoms with van der Waals surface area (Å²) in [5.74, 6) is 0.148. The van der Waals surface area contributed by atoms with Gasteiger partial charge >= 0.3 is 0 Å². The fraction of sp³-hybridized carbons (Fsp3) is 0.562. The van der Waals surface area contributed by atoms with Gasteiger partial charge in [0.1, 0.15) is 0 Å². The molecule has 0 unspecified atom stereocenters. The van der Waals surface area contributed by atoms with Crippen LogP contribution in [-0.4, -0.2) is 50.5 Å². The zero-order valence-electron chi connectivity index (χ0n) is 12.2. The highest BCUT2D eigenvalue weighted by Gasteiger charge is 2.25. The first-order valence-electron chi connectivity index (χ1n) is 7.58. The number of carbonyl (C=O) groups is 1. The zero-order valence-corrected chi connectivity index (χ0v) is 12.2. The average Bonchev–Trinajstić information content (AvgIpc) is 2.54. The number of nitrogens with zero attached hydrogens (tertiary/aromatic N) is 2. The highest BCUT2D eigenvalue weighted by Crippen LogP contribution is 2.32. The molecule has 21 heavy (non-hydrogen) atoms. The number of aliphatic hydroxyl groups is 1. The Kier molecular flexibility index (Phi) is 4.41. The number of ether oxygens (including phenoxy) is 1. The van der Waals surface area contributed by atoms with E-state index in [1.165, 1.54) is 5.56 Å². The van der Waals surface area contributed by atoms with Crippen LogP contribution in [0.2, 0.25) is 0 Å². The number of amides is 1. The normalized spacial score (nSPS) is 18.8. The van der Waals surface area contributed by atoms with Crippen LogP contribution in [0, 0.1) is 6.07 Å². The van der Waals surface area contributed by atoms with Crippen molar-refractivity contribution in [2.45, 2.75) is 19.3 Å². The molecule has 1 N–H and O–H groups in total. The van der Waals surface area contributed by atoms with Gasteiger partial charge in [0.15, 0.2) is 0 Å². The second-order valence-corrected chi connectivity index (χ2v) is 5.45. The summed E-state index contributed by atoms with van der Waals surface area (Å²) in [5, 5.41) is 9.02. The van der Waals surface area contributed by atoms with Gasteiger partial charge in [-0.05, 0) is 30.5 Å². The first-order chi connectivity index (χ1) is 10.3. The molecule has 5 nitrogen and oxygen atoms in total. The van der Waals surface area contributed by atoms with Gasteiger partial charge in [0, 0.05) is 50.1 Å². The number of hydrogen-bond donors (Lipinski definition) is 1. The Balaban J connectivity index is 1.87. The summed E-state index contributed by atoms with van der Waals surface area (Å²) < 4.78 is 5.38. The predicted octanol–water partition coefficient (Wildman–Crippen LogP) is 0.985. The molecule has 0 aromatic heterocycles. The van der Waals surface area contributed by atoms with Crippen LogP contribution in [-0.2, 0) is 16.0 Å². The third kappa shape index (κ3) is 3.04. The lowest BCUT2D eigenvalue weighted by molar-refractivity contribution is -0.118. The van der Waals surface area contributed by atoms with Crippen molar-refractivity contribution >= 4 is 17.3 Å². The molecule has 0 saturated carbocycles. The Labute approximate surface area is 125 Å². The topological polar surface area (TPSA) is 53.0 Å². The maximum Gasteiger partial charge on any atom is 0.227 e. The maximum atomic E-state index is 12.2. The van der Waals surface area contributed by atoms with Gasteiger partial charge in [0.25, 0.3) is 0 Å². The molecule has 3 rings (SSSR count). The zero-order chi connectivity index (χ0) is 14.7. The summed E-state index contributed by atoms with van der Waals surface area (Å²) in [6, 6.07) is 7.42. The molecule has 1 saturated heterocycles. The van der Waals surface area contributed by atoms with Gasteiger partial charge in [-0.3, -0.25) is 4.79 Å². The minimum atomic E-state index is 0.106. The molecule has 1 radical (unpaired) electrons. The van der Waals surface area contributed by atoms with Crippen molar-refractivity contribution < 1.29 is 14.6 Å². The van der Waals surface area contributed by atoms with Crippen molar-refractivity contribution in [2.24, 2.45) is 0 Å². The molecule has 0 bridgehead atoms. The van der Waals surface area contributed by atoms with E-state index >= 15 is 0 Å². The van der Waals surface area contributed by atoms with Crippen LogP contribution < -0.4 is 9.80 Å². The standard InChI is InChI=1S/C16H21N2O3/c19-9-1-6-18-15-12-14(17-7-10-21-11-8-17)4-2-13(15)3-5-16(18)20/h2,12,19H,1,3,5-11H2. The number of fused-ring (bicyclic) bond motifs is 1. The van der Waals surface area contributed by atoms with Crippen LogP contribution in [0.25, 0.3) is 0 Å². The van der Waals surface area contributed by atoms with Gasteiger partial charge in [0.05, 0.1) is 13.2 Å². The first-order valence-corrected chi connectivity index (χ1v) is 7.58. The van der Waals surface area contributed by atoms with Crippen LogP contribution in [0.3, 0.4) is 0 Å². The van der Waals surface area contributed by atoms with E-state index < -0.39 is 0 Å². The fourth-order valence-corrected chi connectivity index (χ4v) is 2.92. The molecule has 0 atom stereocenters. The molecule has 0 spiro atoms. The van der Waals surface area contributed by atoms with Gasteiger partial charge in [0.2, 0.25) is 5.91 Å². The molecule has 2 heterocycles. The molecule has 1 aromatic carbocycles. The van der Waals surface area contributed by atoms with Gasteiger partial charge in [-0.1, -0.05) is 0 Å². The van der Waals surface area contributed by atoms with Crippen molar-refractivity contribution in [1.82, 2.24) is 0 Å². The van der Waals surface area contributed by atoms with E-state index in [2.05, 4.69) is 17.0 Å². The molecule has 1 amide bonds. The number of carbonyl (C=O) groups excluding carboxylic acids is 1. The quantitative estimate of drug-likeness (QED) is 0.898. The molecular weight excluding hydrogens is 268 g/mol. The van der Waals surface area contributed by atoms with Gasteiger partial charge < -0.3 is 19.6 Å². The summed E-state index contributed by atoms with van der Waals surface area (Å²) in [7, 11) is 0.